The van der Waals surface area contributed by atoms with Gasteiger partial charge in [0.15, 0.2) is 0 Å². The van der Waals surface area contributed by atoms with Gasteiger partial charge >= 0.3 is 24.5 Å². The number of nitrogens with one attached hydrogen (secondary N) is 1. The van der Waals surface area contributed by atoms with Crippen molar-refractivity contribution in [2.75, 3.05) is 16.8 Å². The summed E-state index contributed by atoms with van der Waals surface area (Å²) in [5.74, 6) is -2.20. The Morgan fingerprint density at radius 3 is 1.81 bits per heavy atom. The van der Waals surface area contributed by atoms with Crippen LogP contribution in [0.3, 0.4) is 0 Å². The lowest BCUT2D eigenvalue weighted by Crippen LogP contribution is -2.32. The van der Waals surface area contributed by atoms with E-state index in [1.807, 2.05) is 0 Å². The summed E-state index contributed by atoms with van der Waals surface area (Å²) in [4.78, 5) is 27.8. The first-order valence-electron chi connectivity index (χ1n) is 12.1. The first-order valence-corrected chi connectivity index (χ1v) is 12.1. The monoisotopic (exact) mass is 602 g/mol. The third-order valence-electron chi connectivity index (χ3n) is 6.21. The van der Waals surface area contributed by atoms with Crippen molar-refractivity contribution in [2.24, 2.45) is 0 Å². The first kappa shape index (κ1) is 30.5. The molecule has 0 radical (unpaired) electrons. The Bertz CT molecular complexity index is 1510. The molecule has 0 spiro atoms. The highest BCUT2D eigenvalue weighted by Crippen LogP contribution is 2.44. The molecule has 14 heteroatoms. The predicted molar refractivity (Wildman–Crippen MR) is 132 cm³/mol. The topological polar surface area (TPSA) is 58.6 Å². The van der Waals surface area contributed by atoms with Crippen LogP contribution in [0, 0.1) is 0 Å². The molecule has 0 saturated heterocycles. The molecule has 0 aliphatic carbocycles. The number of carbonyl (C=O) groups is 2. The van der Waals surface area contributed by atoms with Gasteiger partial charge in [-0.1, -0.05) is 12.1 Å². The minimum absolute atomic E-state index is 0.0924. The number of hydrogen-bond acceptors (Lipinski definition) is 4. The third kappa shape index (κ3) is 6.21. The summed E-state index contributed by atoms with van der Waals surface area (Å²) in [6.45, 7) is 1.20. The number of amides is 1. The highest BCUT2D eigenvalue weighted by atomic mass is 19.4. The van der Waals surface area contributed by atoms with Crippen LogP contribution in [0.1, 0.15) is 35.2 Å². The number of alkyl halides is 9. The molecule has 1 heterocycles. The zero-order valence-electron chi connectivity index (χ0n) is 21.3. The molecule has 3 aromatic carbocycles. The summed E-state index contributed by atoms with van der Waals surface area (Å²) < 4.78 is 124. The number of hydrogen-bond donors (Lipinski definition) is 1. The molecule has 0 bridgehead atoms. The smallest absolute Gasteiger partial charge is 0.416 e. The van der Waals surface area contributed by atoms with E-state index in [0.717, 1.165) is 41.3 Å². The normalized spacial score (nSPS) is 16.2. The Balaban J connectivity index is 1.91. The second-order valence-corrected chi connectivity index (χ2v) is 8.95. The molecule has 1 N–H and O–H groups in total. The molecule has 4 rings (SSSR count). The Morgan fingerprint density at radius 1 is 0.786 bits per heavy atom. The van der Waals surface area contributed by atoms with Crippen molar-refractivity contribution < 1.29 is 53.8 Å². The molecule has 1 unspecified atom stereocenters. The van der Waals surface area contributed by atoms with Gasteiger partial charge in [-0.25, -0.2) is 4.79 Å². The quantitative estimate of drug-likeness (QED) is 0.232. The molecule has 1 aliphatic heterocycles. The van der Waals surface area contributed by atoms with Crippen molar-refractivity contribution in [1.82, 2.24) is 0 Å². The van der Waals surface area contributed by atoms with Gasteiger partial charge in [0.2, 0.25) is 0 Å². The van der Waals surface area contributed by atoms with E-state index in [1.54, 1.807) is 0 Å². The van der Waals surface area contributed by atoms with Crippen LogP contribution < -0.4 is 10.2 Å². The number of benzene rings is 3. The maximum absolute atomic E-state index is 13.8. The summed E-state index contributed by atoms with van der Waals surface area (Å²) in [5.41, 5.74) is -4.80. The SMILES string of the molecule is CCOC(=O)C1=C(Nc2ccc(C(F)(F)F)cc2)C(=O)N(c2ccc(C(F)(F)F)cc2)C1c1cccc(C(F)(F)F)c1. The number of rotatable bonds is 6. The van der Waals surface area contributed by atoms with Crippen molar-refractivity contribution in [3.8, 4) is 0 Å². The maximum atomic E-state index is 13.8. The van der Waals surface area contributed by atoms with Gasteiger partial charge in [-0.05, 0) is 73.2 Å². The maximum Gasteiger partial charge on any atom is 0.416 e. The van der Waals surface area contributed by atoms with Crippen LogP contribution in [-0.4, -0.2) is 18.5 Å². The van der Waals surface area contributed by atoms with E-state index in [1.165, 1.54) is 13.0 Å². The van der Waals surface area contributed by atoms with Crippen molar-refractivity contribution in [3.05, 3.63) is 106 Å². The fourth-order valence-electron chi connectivity index (χ4n) is 4.33. The third-order valence-corrected chi connectivity index (χ3v) is 6.21. The van der Waals surface area contributed by atoms with E-state index < -0.39 is 64.4 Å². The Morgan fingerprint density at radius 2 is 1.31 bits per heavy atom. The van der Waals surface area contributed by atoms with Crippen LogP contribution in [0.5, 0.6) is 0 Å². The summed E-state index contributed by atoms with van der Waals surface area (Å²) in [6.07, 6.45) is -14.2. The largest absolute Gasteiger partial charge is 0.463 e. The molecule has 1 atom stereocenters. The summed E-state index contributed by atoms with van der Waals surface area (Å²) in [7, 11) is 0. The first-order chi connectivity index (χ1) is 19.5. The van der Waals surface area contributed by atoms with Gasteiger partial charge in [0.05, 0.1) is 34.9 Å². The van der Waals surface area contributed by atoms with Crippen molar-refractivity contribution >= 4 is 23.3 Å². The summed E-state index contributed by atoms with van der Waals surface area (Å²) >= 11 is 0. The van der Waals surface area contributed by atoms with E-state index in [2.05, 4.69) is 5.32 Å². The number of esters is 1. The van der Waals surface area contributed by atoms with Crippen molar-refractivity contribution in [3.63, 3.8) is 0 Å². The predicted octanol–water partition coefficient (Wildman–Crippen LogP) is 7.76. The Kier molecular flexibility index (Phi) is 8.03. The van der Waals surface area contributed by atoms with Crippen molar-refractivity contribution in [1.29, 1.82) is 0 Å². The fraction of sp³-hybridized carbons (Fsp3) is 0.214. The molecule has 5 nitrogen and oxygen atoms in total. The van der Waals surface area contributed by atoms with E-state index in [0.29, 0.717) is 30.3 Å². The lowest BCUT2D eigenvalue weighted by atomic mass is 9.96. The average Bonchev–Trinajstić information content (AvgIpc) is 3.19. The number of halogens is 9. The van der Waals surface area contributed by atoms with E-state index >= 15 is 0 Å². The van der Waals surface area contributed by atoms with Gasteiger partial charge in [0, 0.05) is 11.4 Å². The molecule has 222 valence electrons. The number of anilines is 2. The summed E-state index contributed by atoms with van der Waals surface area (Å²) in [5, 5.41) is 2.56. The lowest BCUT2D eigenvalue weighted by molar-refractivity contribution is -0.139. The standard InChI is InChI=1S/C28H19F9N2O3/c1-2-42-25(41)21-22(38-19-10-6-16(7-11-19)26(29,30)31)24(40)39(20-12-8-17(9-13-20)27(32,33)34)23(21)15-4-3-5-18(14-15)28(35,36)37/h3-14,23,38H,2H2,1H3. The van der Waals surface area contributed by atoms with Crippen LogP contribution in [-0.2, 0) is 32.9 Å². The molecule has 3 aromatic rings. The van der Waals surface area contributed by atoms with Gasteiger partial charge in [0.1, 0.15) is 5.70 Å². The molecular formula is C28H19F9N2O3. The molecular weight excluding hydrogens is 583 g/mol. The van der Waals surface area contributed by atoms with Crippen molar-refractivity contribution in [2.45, 2.75) is 31.5 Å². The Hall–Kier alpha value is -4.49. The highest BCUT2D eigenvalue weighted by molar-refractivity contribution is 6.18. The highest BCUT2D eigenvalue weighted by Gasteiger charge is 2.46. The minimum atomic E-state index is -4.83. The van der Waals surface area contributed by atoms with E-state index in [4.69, 9.17) is 4.74 Å². The zero-order chi connectivity index (χ0) is 31.0. The van der Waals surface area contributed by atoms with Crippen LogP contribution in [0.4, 0.5) is 50.9 Å². The molecule has 1 amide bonds. The molecule has 0 saturated carbocycles. The van der Waals surface area contributed by atoms with E-state index in [9.17, 15) is 49.1 Å². The van der Waals surface area contributed by atoms with Gasteiger partial charge in [-0.2, -0.15) is 39.5 Å². The molecule has 42 heavy (non-hydrogen) atoms. The molecule has 1 aliphatic rings. The lowest BCUT2D eigenvalue weighted by Gasteiger charge is -2.27. The number of nitrogens with zero attached hydrogens (tertiary/aromatic N) is 1. The van der Waals surface area contributed by atoms with Gasteiger partial charge in [-0.3, -0.25) is 9.69 Å². The molecule has 0 fully saturated rings. The Labute approximate surface area is 232 Å². The van der Waals surface area contributed by atoms with Gasteiger partial charge in [0.25, 0.3) is 5.91 Å². The van der Waals surface area contributed by atoms with Crippen LogP contribution in [0.25, 0.3) is 0 Å². The van der Waals surface area contributed by atoms with Crippen LogP contribution >= 0.6 is 0 Å². The number of carbonyl (C=O) groups excluding carboxylic acids is 2. The van der Waals surface area contributed by atoms with Gasteiger partial charge < -0.3 is 10.1 Å². The van der Waals surface area contributed by atoms with Gasteiger partial charge in [-0.15, -0.1) is 0 Å². The van der Waals surface area contributed by atoms with Crippen LogP contribution in [0.15, 0.2) is 84.1 Å². The number of ether oxygens (including phenoxy) is 1. The molecule has 0 aromatic heterocycles. The second-order valence-electron chi connectivity index (χ2n) is 8.95. The minimum Gasteiger partial charge on any atom is -0.463 e. The van der Waals surface area contributed by atoms with Crippen LogP contribution in [0.2, 0.25) is 0 Å². The summed E-state index contributed by atoms with van der Waals surface area (Å²) in [6, 6.07) is 8.46. The second kappa shape index (κ2) is 11.1. The zero-order valence-corrected chi connectivity index (χ0v) is 21.3. The van der Waals surface area contributed by atoms with E-state index in [-0.39, 0.29) is 23.5 Å². The average molecular weight is 602 g/mol. The fourth-order valence-corrected chi connectivity index (χ4v) is 4.33.